The molecule has 1 heterocycles. The number of hydrogen-bond acceptors (Lipinski definition) is 4. The molecule has 0 radical (unpaired) electrons. The normalized spacial score (nSPS) is 10.3. The van der Waals surface area contributed by atoms with Crippen LogP contribution in [0.1, 0.15) is 36.7 Å². The third kappa shape index (κ3) is 2.97. The number of methoxy groups -OCH3 is 1. The molecule has 0 aliphatic heterocycles. The van der Waals surface area contributed by atoms with Crippen LogP contribution >= 0.6 is 11.3 Å². The van der Waals surface area contributed by atoms with Crippen molar-refractivity contribution in [3.8, 4) is 0 Å². The number of aryl methyl sites for hydroxylation is 2. The molecule has 2 aromatic rings. The number of esters is 1. The van der Waals surface area contributed by atoms with Gasteiger partial charge in [-0.25, -0.2) is 4.79 Å². The predicted octanol–water partition coefficient (Wildman–Crippen LogP) is 3.71. The summed E-state index contributed by atoms with van der Waals surface area (Å²) < 4.78 is 4.82. The zero-order chi connectivity index (χ0) is 15.6. The molecule has 0 spiro atoms. The van der Waals surface area contributed by atoms with E-state index in [0.29, 0.717) is 16.1 Å². The van der Waals surface area contributed by atoms with Gasteiger partial charge in [0.05, 0.1) is 17.6 Å². The second-order valence-corrected chi connectivity index (χ2v) is 5.76. The molecule has 0 saturated heterocycles. The number of benzene rings is 1. The number of carbonyl (C=O) groups is 2. The van der Waals surface area contributed by atoms with Crippen LogP contribution in [0.3, 0.4) is 0 Å². The quantitative estimate of drug-likeness (QED) is 0.879. The lowest BCUT2D eigenvalue weighted by Crippen LogP contribution is -2.15. The first-order chi connectivity index (χ1) is 9.95. The summed E-state index contributed by atoms with van der Waals surface area (Å²) in [6, 6.07) is 5.47. The standard InChI is InChI=1S/C16H17NO3S/c1-9-8-10(2)14(11(3)13(9)16(19)20-4)17-15(18)12-6-5-7-21-12/h5-8H,1-4H3,(H,17,18). The highest BCUT2D eigenvalue weighted by molar-refractivity contribution is 7.12. The average molecular weight is 303 g/mol. The highest BCUT2D eigenvalue weighted by Gasteiger charge is 2.19. The SMILES string of the molecule is COC(=O)c1c(C)cc(C)c(NC(=O)c2cccs2)c1C. The number of rotatable bonds is 3. The first-order valence-electron chi connectivity index (χ1n) is 6.49. The Hall–Kier alpha value is -2.14. The van der Waals surface area contributed by atoms with Gasteiger partial charge in [-0.15, -0.1) is 11.3 Å². The van der Waals surface area contributed by atoms with Crippen LogP contribution in [0.2, 0.25) is 0 Å². The molecule has 5 heteroatoms. The maximum Gasteiger partial charge on any atom is 0.338 e. The van der Waals surface area contributed by atoms with E-state index in [4.69, 9.17) is 4.74 Å². The molecule has 0 atom stereocenters. The second-order valence-electron chi connectivity index (χ2n) is 4.81. The van der Waals surface area contributed by atoms with Crippen molar-refractivity contribution in [1.29, 1.82) is 0 Å². The zero-order valence-corrected chi connectivity index (χ0v) is 13.3. The van der Waals surface area contributed by atoms with Crippen LogP contribution in [-0.4, -0.2) is 19.0 Å². The van der Waals surface area contributed by atoms with E-state index in [1.54, 1.807) is 6.07 Å². The summed E-state index contributed by atoms with van der Waals surface area (Å²) >= 11 is 1.38. The summed E-state index contributed by atoms with van der Waals surface area (Å²) in [7, 11) is 1.35. The highest BCUT2D eigenvalue weighted by Crippen LogP contribution is 2.28. The van der Waals surface area contributed by atoms with Gasteiger partial charge in [-0.1, -0.05) is 12.1 Å². The summed E-state index contributed by atoms with van der Waals surface area (Å²) in [5.41, 5.74) is 3.65. The third-order valence-electron chi connectivity index (χ3n) is 3.34. The zero-order valence-electron chi connectivity index (χ0n) is 12.4. The Bertz CT molecular complexity index is 690. The lowest BCUT2D eigenvalue weighted by molar-refractivity contribution is 0.0599. The Kier molecular flexibility index (Phi) is 4.43. The van der Waals surface area contributed by atoms with E-state index in [-0.39, 0.29) is 5.91 Å². The molecule has 21 heavy (non-hydrogen) atoms. The van der Waals surface area contributed by atoms with E-state index in [2.05, 4.69) is 5.32 Å². The van der Waals surface area contributed by atoms with Gasteiger partial charge in [0, 0.05) is 5.69 Å². The van der Waals surface area contributed by atoms with Crippen molar-refractivity contribution in [3.63, 3.8) is 0 Å². The molecule has 0 unspecified atom stereocenters. The van der Waals surface area contributed by atoms with Crippen molar-refractivity contribution in [2.24, 2.45) is 0 Å². The van der Waals surface area contributed by atoms with Gasteiger partial charge < -0.3 is 10.1 Å². The van der Waals surface area contributed by atoms with Gasteiger partial charge in [-0.3, -0.25) is 4.79 Å². The third-order valence-corrected chi connectivity index (χ3v) is 4.21. The first kappa shape index (κ1) is 15.3. The summed E-state index contributed by atoms with van der Waals surface area (Å²) in [4.78, 5) is 24.7. The minimum atomic E-state index is -0.392. The maximum absolute atomic E-state index is 12.2. The molecule has 0 fully saturated rings. The van der Waals surface area contributed by atoms with Crippen LogP contribution < -0.4 is 5.32 Å². The smallest absolute Gasteiger partial charge is 0.338 e. The van der Waals surface area contributed by atoms with Gasteiger partial charge in [-0.05, 0) is 48.9 Å². The van der Waals surface area contributed by atoms with Gasteiger partial charge in [0.15, 0.2) is 0 Å². The fourth-order valence-corrected chi connectivity index (χ4v) is 3.00. The molecule has 0 aliphatic rings. The Balaban J connectivity index is 2.44. The molecule has 1 aromatic heterocycles. The fourth-order valence-electron chi connectivity index (χ4n) is 2.38. The molecular formula is C16H17NO3S. The van der Waals surface area contributed by atoms with E-state index in [1.807, 2.05) is 38.3 Å². The minimum absolute atomic E-state index is 0.170. The molecule has 0 saturated carbocycles. The number of thiophene rings is 1. The predicted molar refractivity (Wildman–Crippen MR) is 84.3 cm³/mol. The van der Waals surface area contributed by atoms with Gasteiger partial charge >= 0.3 is 5.97 Å². The summed E-state index contributed by atoms with van der Waals surface area (Å²) in [5, 5.41) is 4.74. The van der Waals surface area contributed by atoms with Crippen molar-refractivity contribution in [1.82, 2.24) is 0 Å². The molecule has 4 nitrogen and oxygen atoms in total. The monoisotopic (exact) mass is 303 g/mol. The summed E-state index contributed by atoms with van der Waals surface area (Å²) in [5.74, 6) is -0.563. The largest absolute Gasteiger partial charge is 0.465 e. The van der Waals surface area contributed by atoms with E-state index in [9.17, 15) is 9.59 Å². The second kappa shape index (κ2) is 6.10. The number of hydrogen-bond donors (Lipinski definition) is 1. The Morgan fingerprint density at radius 3 is 2.48 bits per heavy atom. The topological polar surface area (TPSA) is 55.4 Å². The molecule has 0 bridgehead atoms. The van der Waals surface area contributed by atoms with Crippen molar-refractivity contribution < 1.29 is 14.3 Å². The summed E-state index contributed by atoms with van der Waals surface area (Å²) in [6.45, 7) is 5.58. The Labute approximate surface area is 127 Å². The Morgan fingerprint density at radius 1 is 1.19 bits per heavy atom. The highest BCUT2D eigenvalue weighted by atomic mass is 32.1. The van der Waals surface area contributed by atoms with Crippen LogP contribution in [0, 0.1) is 20.8 Å². The van der Waals surface area contributed by atoms with Crippen LogP contribution in [0.25, 0.3) is 0 Å². The van der Waals surface area contributed by atoms with Crippen LogP contribution in [0.5, 0.6) is 0 Å². The van der Waals surface area contributed by atoms with Crippen molar-refractivity contribution in [2.45, 2.75) is 20.8 Å². The molecule has 2 rings (SSSR count). The first-order valence-corrected chi connectivity index (χ1v) is 7.37. The van der Waals surface area contributed by atoms with E-state index < -0.39 is 5.97 Å². The molecule has 110 valence electrons. The van der Waals surface area contributed by atoms with Crippen molar-refractivity contribution >= 4 is 28.9 Å². The van der Waals surface area contributed by atoms with Crippen LogP contribution in [0.4, 0.5) is 5.69 Å². The van der Waals surface area contributed by atoms with E-state index in [0.717, 1.165) is 16.7 Å². The van der Waals surface area contributed by atoms with Crippen molar-refractivity contribution in [2.75, 3.05) is 12.4 Å². The molecule has 1 aromatic carbocycles. The number of nitrogens with one attached hydrogen (secondary N) is 1. The average Bonchev–Trinajstić information content (AvgIpc) is 2.96. The number of anilines is 1. The van der Waals surface area contributed by atoms with E-state index >= 15 is 0 Å². The van der Waals surface area contributed by atoms with Crippen LogP contribution in [0.15, 0.2) is 23.6 Å². The lowest BCUT2D eigenvalue weighted by Gasteiger charge is -2.16. The van der Waals surface area contributed by atoms with Gasteiger partial charge in [-0.2, -0.15) is 0 Å². The summed E-state index contributed by atoms with van der Waals surface area (Å²) in [6.07, 6.45) is 0. The molecule has 1 amide bonds. The molecule has 1 N–H and O–H groups in total. The Morgan fingerprint density at radius 2 is 1.90 bits per heavy atom. The number of ether oxygens (including phenoxy) is 1. The fraction of sp³-hybridized carbons (Fsp3) is 0.250. The van der Waals surface area contributed by atoms with Gasteiger partial charge in [0.1, 0.15) is 0 Å². The van der Waals surface area contributed by atoms with E-state index in [1.165, 1.54) is 18.4 Å². The maximum atomic E-state index is 12.2. The van der Waals surface area contributed by atoms with Crippen molar-refractivity contribution in [3.05, 3.63) is 50.7 Å². The lowest BCUT2D eigenvalue weighted by atomic mass is 9.97. The minimum Gasteiger partial charge on any atom is -0.465 e. The van der Waals surface area contributed by atoms with Gasteiger partial charge in [0.25, 0.3) is 5.91 Å². The number of carbonyl (C=O) groups excluding carboxylic acids is 2. The van der Waals surface area contributed by atoms with Crippen LogP contribution in [-0.2, 0) is 4.74 Å². The number of amides is 1. The van der Waals surface area contributed by atoms with Gasteiger partial charge in [0.2, 0.25) is 0 Å². The molecular weight excluding hydrogens is 286 g/mol. The molecule has 0 aliphatic carbocycles.